The van der Waals surface area contributed by atoms with E-state index in [-0.39, 0.29) is 11.9 Å². The molecule has 0 fully saturated rings. The van der Waals surface area contributed by atoms with E-state index >= 15 is 0 Å². The number of nitrogens with zero attached hydrogens (tertiary/aromatic N) is 2. The van der Waals surface area contributed by atoms with Crippen molar-refractivity contribution in [2.75, 3.05) is 11.9 Å². The summed E-state index contributed by atoms with van der Waals surface area (Å²) in [6, 6.07) is 14.0. The van der Waals surface area contributed by atoms with Crippen molar-refractivity contribution < 1.29 is 4.39 Å². The lowest BCUT2D eigenvalue weighted by Crippen LogP contribution is -2.20. The number of hydrogen-bond acceptors (Lipinski definition) is 3. The molecular formula is C17H18FN3. The van der Waals surface area contributed by atoms with Crippen molar-refractivity contribution in [3.8, 4) is 6.07 Å². The molecule has 3 nitrogen and oxygen atoms in total. The number of benzene rings is 2. The van der Waals surface area contributed by atoms with E-state index in [1.54, 1.807) is 12.1 Å². The Kier molecular flexibility index (Phi) is 4.56. The molecule has 2 aromatic carbocycles. The van der Waals surface area contributed by atoms with E-state index in [2.05, 4.69) is 6.07 Å². The first-order valence-corrected chi connectivity index (χ1v) is 6.76. The molecule has 0 aliphatic rings. The summed E-state index contributed by atoms with van der Waals surface area (Å²) in [6.45, 7) is 2.46. The second-order valence-electron chi connectivity index (χ2n) is 5.16. The van der Waals surface area contributed by atoms with E-state index in [0.29, 0.717) is 12.1 Å². The fourth-order valence-electron chi connectivity index (χ4n) is 2.34. The number of nitrogens with two attached hydrogens (primary N) is 1. The number of nitriles is 1. The van der Waals surface area contributed by atoms with Gasteiger partial charge in [-0.05, 0) is 48.4 Å². The molecule has 2 N–H and O–H groups in total. The maximum atomic E-state index is 13.4. The predicted molar refractivity (Wildman–Crippen MR) is 82.3 cm³/mol. The minimum atomic E-state index is -0.286. The summed E-state index contributed by atoms with van der Waals surface area (Å²) in [4.78, 5) is 2.01. The smallest absolute Gasteiger partial charge is 0.123 e. The summed E-state index contributed by atoms with van der Waals surface area (Å²) in [6.07, 6.45) is 0. The van der Waals surface area contributed by atoms with Crippen molar-refractivity contribution in [1.82, 2.24) is 0 Å². The third-order valence-electron chi connectivity index (χ3n) is 3.37. The Balaban J connectivity index is 2.28. The van der Waals surface area contributed by atoms with Gasteiger partial charge in [0, 0.05) is 25.3 Å². The van der Waals surface area contributed by atoms with Crippen LogP contribution < -0.4 is 10.6 Å². The molecule has 0 radical (unpaired) electrons. The summed E-state index contributed by atoms with van der Waals surface area (Å²) in [5.41, 5.74) is 9.25. The lowest BCUT2D eigenvalue weighted by Gasteiger charge is -2.24. The second-order valence-corrected chi connectivity index (χ2v) is 5.16. The largest absolute Gasteiger partial charge is 0.370 e. The van der Waals surface area contributed by atoms with Crippen molar-refractivity contribution in [2.24, 2.45) is 5.73 Å². The number of anilines is 1. The Morgan fingerprint density at radius 3 is 2.71 bits per heavy atom. The second kappa shape index (κ2) is 6.38. The first-order valence-electron chi connectivity index (χ1n) is 6.76. The molecule has 108 valence electrons. The van der Waals surface area contributed by atoms with Crippen LogP contribution in [0.5, 0.6) is 0 Å². The molecule has 0 spiro atoms. The summed E-state index contributed by atoms with van der Waals surface area (Å²) < 4.78 is 13.4. The van der Waals surface area contributed by atoms with Crippen molar-refractivity contribution in [3.05, 3.63) is 65.0 Å². The minimum Gasteiger partial charge on any atom is -0.370 e. The maximum Gasteiger partial charge on any atom is 0.123 e. The van der Waals surface area contributed by atoms with Crippen molar-refractivity contribution in [3.63, 3.8) is 0 Å². The maximum absolute atomic E-state index is 13.4. The zero-order valence-corrected chi connectivity index (χ0v) is 12.2. The molecule has 21 heavy (non-hydrogen) atoms. The Bertz CT molecular complexity index is 674. The predicted octanol–water partition coefficient (Wildman–Crippen LogP) is 3.35. The van der Waals surface area contributed by atoms with E-state index < -0.39 is 0 Å². The molecule has 1 atom stereocenters. The molecule has 0 aromatic heterocycles. The molecule has 0 amide bonds. The molecule has 0 saturated carbocycles. The first kappa shape index (κ1) is 15.0. The van der Waals surface area contributed by atoms with Gasteiger partial charge in [0.1, 0.15) is 5.82 Å². The summed E-state index contributed by atoms with van der Waals surface area (Å²) in [5, 5.41) is 8.94. The van der Waals surface area contributed by atoms with E-state index in [9.17, 15) is 4.39 Å². The molecule has 0 heterocycles. The van der Waals surface area contributed by atoms with Gasteiger partial charge in [-0.2, -0.15) is 5.26 Å². The zero-order chi connectivity index (χ0) is 15.4. The number of rotatable bonds is 4. The molecule has 0 bridgehead atoms. The Morgan fingerprint density at radius 1 is 1.29 bits per heavy atom. The van der Waals surface area contributed by atoms with E-state index in [0.717, 1.165) is 16.8 Å². The fraction of sp³-hybridized carbons (Fsp3) is 0.235. The summed E-state index contributed by atoms with van der Waals surface area (Å²) >= 11 is 0. The average Bonchev–Trinajstić information content (AvgIpc) is 2.47. The van der Waals surface area contributed by atoms with Gasteiger partial charge in [-0.3, -0.25) is 0 Å². The van der Waals surface area contributed by atoms with E-state index in [4.69, 9.17) is 11.0 Å². The van der Waals surface area contributed by atoms with Gasteiger partial charge in [0.05, 0.1) is 11.6 Å². The van der Waals surface area contributed by atoms with Crippen LogP contribution in [0.15, 0.2) is 42.5 Å². The molecule has 0 aliphatic heterocycles. The summed E-state index contributed by atoms with van der Waals surface area (Å²) in [7, 11) is 1.93. The van der Waals surface area contributed by atoms with Crippen molar-refractivity contribution in [2.45, 2.75) is 19.5 Å². The SMILES string of the molecule is C[C@H](N)c1cc(F)ccc1N(C)Cc1cccc(C#N)c1. The quantitative estimate of drug-likeness (QED) is 0.936. The third-order valence-corrected chi connectivity index (χ3v) is 3.37. The highest BCUT2D eigenvalue weighted by molar-refractivity contribution is 5.55. The zero-order valence-electron chi connectivity index (χ0n) is 12.2. The van der Waals surface area contributed by atoms with Crippen LogP contribution in [-0.2, 0) is 6.54 Å². The molecule has 2 rings (SSSR count). The third kappa shape index (κ3) is 3.59. The number of hydrogen-bond donors (Lipinski definition) is 1. The molecule has 2 aromatic rings. The van der Waals surface area contributed by atoms with Gasteiger partial charge in [-0.25, -0.2) is 4.39 Å². The normalized spacial score (nSPS) is 11.8. The highest BCUT2D eigenvalue weighted by Gasteiger charge is 2.12. The highest BCUT2D eigenvalue weighted by Crippen LogP contribution is 2.26. The Labute approximate surface area is 124 Å². The molecule has 0 saturated heterocycles. The molecule has 0 unspecified atom stereocenters. The van der Waals surface area contributed by atoms with Crippen LogP contribution in [0.3, 0.4) is 0 Å². The van der Waals surface area contributed by atoms with Crippen LogP contribution in [-0.4, -0.2) is 7.05 Å². The van der Waals surface area contributed by atoms with Crippen LogP contribution in [0.1, 0.15) is 29.7 Å². The number of halogens is 1. The molecular weight excluding hydrogens is 265 g/mol. The average molecular weight is 283 g/mol. The van der Waals surface area contributed by atoms with Crippen LogP contribution in [0, 0.1) is 17.1 Å². The van der Waals surface area contributed by atoms with E-state index in [1.165, 1.54) is 12.1 Å². The minimum absolute atomic E-state index is 0.247. The van der Waals surface area contributed by atoms with Gasteiger partial charge in [0.25, 0.3) is 0 Å². The van der Waals surface area contributed by atoms with Crippen LogP contribution in [0.25, 0.3) is 0 Å². The summed E-state index contributed by atoms with van der Waals surface area (Å²) in [5.74, 6) is -0.286. The van der Waals surface area contributed by atoms with Crippen LogP contribution >= 0.6 is 0 Å². The Morgan fingerprint density at radius 2 is 2.05 bits per heavy atom. The first-order chi connectivity index (χ1) is 10.0. The standard InChI is InChI=1S/C17H18FN3/c1-12(20)16-9-15(18)6-7-17(16)21(2)11-14-5-3-4-13(8-14)10-19/h3-9,12H,11,20H2,1-2H3/t12-/m0/s1. The van der Waals surface area contributed by atoms with Crippen LogP contribution in [0.4, 0.5) is 10.1 Å². The van der Waals surface area contributed by atoms with Gasteiger partial charge in [-0.1, -0.05) is 12.1 Å². The van der Waals surface area contributed by atoms with Gasteiger partial charge >= 0.3 is 0 Å². The van der Waals surface area contributed by atoms with Gasteiger partial charge in [0.15, 0.2) is 0 Å². The van der Waals surface area contributed by atoms with E-state index in [1.807, 2.05) is 37.1 Å². The fourth-order valence-corrected chi connectivity index (χ4v) is 2.34. The lowest BCUT2D eigenvalue weighted by molar-refractivity contribution is 0.622. The molecule has 4 heteroatoms. The van der Waals surface area contributed by atoms with Crippen LogP contribution in [0.2, 0.25) is 0 Å². The Hall–Kier alpha value is -2.38. The topological polar surface area (TPSA) is 53.0 Å². The van der Waals surface area contributed by atoms with Crippen molar-refractivity contribution in [1.29, 1.82) is 5.26 Å². The lowest BCUT2D eigenvalue weighted by atomic mass is 10.0. The van der Waals surface area contributed by atoms with Gasteiger partial charge in [-0.15, -0.1) is 0 Å². The van der Waals surface area contributed by atoms with Crippen molar-refractivity contribution >= 4 is 5.69 Å². The van der Waals surface area contributed by atoms with Gasteiger partial charge in [0.2, 0.25) is 0 Å². The monoisotopic (exact) mass is 283 g/mol. The highest BCUT2D eigenvalue weighted by atomic mass is 19.1. The van der Waals surface area contributed by atoms with Gasteiger partial charge < -0.3 is 10.6 Å². The molecule has 0 aliphatic carbocycles.